The SMILES string of the molecule is Nc1c(NCc2ccco2)ncnc1Nc1ccc(I)cc1. The number of aromatic nitrogens is 2. The Labute approximate surface area is 141 Å². The molecule has 0 saturated heterocycles. The average molecular weight is 407 g/mol. The molecule has 0 unspecified atom stereocenters. The third-order valence-corrected chi connectivity index (χ3v) is 3.72. The molecule has 0 atom stereocenters. The lowest BCUT2D eigenvalue weighted by Crippen LogP contribution is -2.07. The van der Waals surface area contributed by atoms with Gasteiger partial charge in [0.1, 0.15) is 17.8 Å². The maximum Gasteiger partial charge on any atom is 0.159 e. The Kier molecular flexibility index (Phi) is 4.42. The molecule has 0 amide bonds. The van der Waals surface area contributed by atoms with Gasteiger partial charge >= 0.3 is 0 Å². The third kappa shape index (κ3) is 3.48. The first-order valence-corrected chi connectivity index (χ1v) is 7.69. The summed E-state index contributed by atoms with van der Waals surface area (Å²) in [6.45, 7) is 0.511. The molecule has 0 radical (unpaired) electrons. The summed E-state index contributed by atoms with van der Waals surface area (Å²) in [5, 5.41) is 6.33. The van der Waals surface area contributed by atoms with Crippen molar-refractivity contribution in [3.8, 4) is 0 Å². The van der Waals surface area contributed by atoms with Gasteiger partial charge < -0.3 is 20.8 Å². The van der Waals surface area contributed by atoms with Crippen LogP contribution in [0.1, 0.15) is 5.76 Å². The Morgan fingerprint density at radius 1 is 1.09 bits per heavy atom. The van der Waals surface area contributed by atoms with Crippen molar-refractivity contribution < 1.29 is 4.42 Å². The maximum absolute atomic E-state index is 6.12. The van der Waals surface area contributed by atoms with Crippen molar-refractivity contribution >= 4 is 45.6 Å². The summed E-state index contributed by atoms with van der Waals surface area (Å²) in [6, 6.07) is 11.7. The largest absolute Gasteiger partial charge is 0.467 e. The van der Waals surface area contributed by atoms with Crippen LogP contribution in [0, 0.1) is 3.57 Å². The molecule has 6 nitrogen and oxygen atoms in total. The highest BCUT2D eigenvalue weighted by atomic mass is 127. The monoisotopic (exact) mass is 407 g/mol. The summed E-state index contributed by atoms with van der Waals surface area (Å²) in [5.41, 5.74) is 7.50. The van der Waals surface area contributed by atoms with E-state index in [4.69, 9.17) is 10.2 Å². The third-order valence-electron chi connectivity index (χ3n) is 3.00. The van der Waals surface area contributed by atoms with E-state index in [9.17, 15) is 0 Å². The number of furan rings is 1. The van der Waals surface area contributed by atoms with Crippen molar-refractivity contribution in [1.29, 1.82) is 0 Å². The molecule has 3 rings (SSSR count). The lowest BCUT2D eigenvalue weighted by atomic mass is 10.3. The van der Waals surface area contributed by atoms with Crippen molar-refractivity contribution in [2.45, 2.75) is 6.54 Å². The lowest BCUT2D eigenvalue weighted by Gasteiger charge is -2.12. The van der Waals surface area contributed by atoms with E-state index in [0.29, 0.717) is 23.9 Å². The van der Waals surface area contributed by atoms with E-state index in [2.05, 4.69) is 43.2 Å². The molecule has 0 saturated carbocycles. The number of nitrogen functional groups attached to an aromatic ring is 1. The van der Waals surface area contributed by atoms with Crippen molar-refractivity contribution in [3.05, 3.63) is 58.3 Å². The smallest absolute Gasteiger partial charge is 0.159 e. The molecule has 7 heteroatoms. The zero-order chi connectivity index (χ0) is 15.4. The molecule has 4 N–H and O–H groups in total. The Bertz CT molecular complexity index is 743. The molecule has 0 aliphatic heterocycles. The molecule has 1 aromatic carbocycles. The maximum atomic E-state index is 6.12. The predicted octanol–water partition coefficient (Wildman–Crippen LogP) is 3.61. The van der Waals surface area contributed by atoms with Crippen molar-refractivity contribution in [2.24, 2.45) is 0 Å². The van der Waals surface area contributed by atoms with Crippen LogP contribution in [-0.4, -0.2) is 9.97 Å². The Hall–Kier alpha value is -2.29. The lowest BCUT2D eigenvalue weighted by molar-refractivity contribution is 0.518. The van der Waals surface area contributed by atoms with E-state index in [1.54, 1.807) is 6.26 Å². The summed E-state index contributed by atoms with van der Waals surface area (Å²) in [7, 11) is 0. The molecule has 0 aliphatic rings. The summed E-state index contributed by atoms with van der Waals surface area (Å²) < 4.78 is 6.44. The molecule has 2 aromatic heterocycles. The van der Waals surface area contributed by atoms with Gasteiger partial charge in [-0.05, 0) is 59.0 Å². The van der Waals surface area contributed by atoms with Crippen molar-refractivity contribution in [2.75, 3.05) is 16.4 Å². The summed E-state index contributed by atoms with van der Waals surface area (Å²) in [5.74, 6) is 1.95. The van der Waals surface area contributed by atoms with Crippen molar-refractivity contribution in [3.63, 3.8) is 0 Å². The number of halogens is 1. The summed E-state index contributed by atoms with van der Waals surface area (Å²) in [4.78, 5) is 8.35. The second-order valence-corrected chi connectivity index (χ2v) is 5.79. The molecular weight excluding hydrogens is 393 g/mol. The highest BCUT2D eigenvalue weighted by Gasteiger charge is 2.08. The topological polar surface area (TPSA) is 89.0 Å². The Morgan fingerprint density at radius 2 is 1.86 bits per heavy atom. The minimum absolute atomic E-state index is 0.465. The number of nitrogens with one attached hydrogen (secondary N) is 2. The van der Waals surface area contributed by atoms with Crippen LogP contribution >= 0.6 is 22.6 Å². The van der Waals surface area contributed by atoms with Crippen LogP contribution in [0.15, 0.2) is 53.4 Å². The molecule has 0 bridgehead atoms. The average Bonchev–Trinajstić information content (AvgIpc) is 3.04. The first kappa shape index (κ1) is 14.6. The minimum Gasteiger partial charge on any atom is -0.467 e. The van der Waals surface area contributed by atoms with Crippen LogP contribution < -0.4 is 16.4 Å². The second-order valence-electron chi connectivity index (χ2n) is 4.55. The molecule has 0 spiro atoms. The van der Waals surface area contributed by atoms with E-state index >= 15 is 0 Å². The highest BCUT2D eigenvalue weighted by Crippen LogP contribution is 2.26. The number of rotatable bonds is 5. The molecule has 0 fully saturated rings. The van der Waals surface area contributed by atoms with Crippen LogP contribution in [0.4, 0.5) is 23.0 Å². The fraction of sp³-hybridized carbons (Fsp3) is 0.0667. The number of nitrogens with zero attached hydrogens (tertiary/aromatic N) is 2. The molecule has 2 heterocycles. The van der Waals surface area contributed by atoms with E-state index in [1.807, 2.05) is 36.4 Å². The van der Waals surface area contributed by atoms with Gasteiger partial charge in [0.05, 0.1) is 12.8 Å². The number of hydrogen-bond acceptors (Lipinski definition) is 6. The van der Waals surface area contributed by atoms with Gasteiger partial charge in [0.2, 0.25) is 0 Å². The van der Waals surface area contributed by atoms with Gasteiger partial charge in [-0.15, -0.1) is 0 Å². The zero-order valence-corrected chi connectivity index (χ0v) is 13.7. The van der Waals surface area contributed by atoms with Gasteiger partial charge in [0.15, 0.2) is 11.6 Å². The quantitative estimate of drug-likeness (QED) is 0.560. The van der Waals surface area contributed by atoms with Crippen LogP contribution in [-0.2, 0) is 6.54 Å². The standard InChI is InChI=1S/C15H14IN5O/c16-10-3-5-11(6-4-10)21-15-13(17)14(19-9-20-15)18-8-12-2-1-7-22-12/h1-7,9H,8,17H2,(H2,18,19,20,21). The van der Waals surface area contributed by atoms with Gasteiger partial charge in [0.25, 0.3) is 0 Å². The Morgan fingerprint density at radius 3 is 2.59 bits per heavy atom. The number of hydrogen-bond donors (Lipinski definition) is 3. The van der Waals surface area contributed by atoms with Gasteiger partial charge in [-0.2, -0.15) is 0 Å². The van der Waals surface area contributed by atoms with Crippen LogP contribution in [0.2, 0.25) is 0 Å². The van der Waals surface area contributed by atoms with E-state index in [1.165, 1.54) is 9.90 Å². The van der Waals surface area contributed by atoms with Gasteiger partial charge in [0, 0.05) is 9.26 Å². The summed E-state index contributed by atoms with van der Waals surface area (Å²) in [6.07, 6.45) is 3.10. The molecular formula is C15H14IN5O. The number of benzene rings is 1. The van der Waals surface area contributed by atoms with Gasteiger partial charge in [-0.3, -0.25) is 0 Å². The predicted molar refractivity (Wildman–Crippen MR) is 94.9 cm³/mol. The fourth-order valence-electron chi connectivity index (χ4n) is 1.89. The van der Waals surface area contributed by atoms with Crippen LogP contribution in [0.3, 0.4) is 0 Å². The van der Waals surface area contributed by atoms with Gasteiger partial charge in [-0.1, -0.05) is 0 Å². The minimum atomic E-state index is 0.465. The molecule has 0 aliphatic carbocycles. The van der Waals surface area contributed by atoms with Crippen LogP contribution in [0.5, 0.6) is 0 Å². The Balaban J connectivity index is 1.75. The van der Waals surface area contributed by atoms with E-state index < -0.39 is 0 Å². The first-order chi connectivity index (χ1) is 10.7. The molecule has 112 valence electrons. The van der Waals surface area contributed by atoms with E-state index in [0.717, 1.165) is 11.4 Å². The highest BCUT2D eigenvalue weighted by molar-refractivity contribution is 14.1. The summed E-state index contributed by atoms with van der Waals surface area (Å²) >= 11 is 2.26. The van der Waals surface area contributed by atoms with E-state index in [-0.39, 0.29) is 0 Å². The molecule has 3 aromatic rings. The zero-order valence-electron chi connectivity index (χ0n) is 11.6. The first-order valence-electron chi connectivity index (χ1n) is 6.61. The fourth-order valence-corrected chi connectivity index (χ4v) is 2.25. The molecule has 22 heavy (non-hydrogen) atoms. The normalized spacial score (nSPS) is 10.4. The van der Waals surface area contributed by atoms with Crippen molar-refractivity contribution in [1.82, 2.24) is 9.97 Å². The van der Waals surface area contributed by atoms with Crippen LogP contribution in [0.25, 0.3) is 0 Å². The number of nitrogens with two attached hydrogens (primary N) is 1. The number of anilines is 4. The van der Waals surface area contributed by atoms with Gasteiger partial charge in [-0.25, -0.2) is 9.97 Å². The second kappa shape index (κ2) is 6.65.